The van der Waals surface area contributed by atoms with Crippen molar-refractivity contribution in [2.45, 2.75) is 176 Å². The molecule has 13 atom stereocenters. The zero-order valence-corrected chi connectivity index (χ0v) is 55.7. The molecule has 1 aliphatic carbocycles. The van der Waals surface area contributed by atoms with E-state index in [1.165, 1.54) is 74.6 Å². The summed E-state index contributed by atoms with van der Waals surface area (Å²) in [5.74, 6) is -8.84. The summed E-state index contributed by atoms with van der Waals surface area (Å²) in [6.07, 6.45) is -4.13. The first-order valence-electron chi connectivity index (χ1n) is 32.8. The normalized spacial score (nSPS) is 26.4. The Morgan fingerprint density at radius 1 is 0.745 bits per heavy atom. The predicted molar refractivity (Wildman–Crippen MR) is 349 cm³/mol. The number of carbonyl (C=O) groups is 7. The lowest BCUT2D eigenvalue weighted by molar-refractivity contribution is -0.433. The smallest absolute Gasteiger partial charge is 0.261 e. The van der Waals surface area contributed by atoms with Gasteiger partial charge < -0.3 is 101 Å². The highest BCUT2D eigenvalue weighted by molar-refractivity contribution is 7.90. The van der Waals surface area contributed by atoms with Crippen molar-refractivity contribution in [1.29, 1.82) is 0 Å². The Morgan fingerprint density at radius 3 is 2.04 bits per heavy atom. The Bertz CT molecular complexity index is 3340. The first kappa shape index (κ1) is 75.0. The number of aliphatic hydroxyl groups excluding tert-OH is 8. The van der Waals surface area contributed by atoms with Gasteiger partial charge in [-0.3, -0.25) is 33.6 Å². The third-order valence-electron chi connectivity index (χ3n) is 18.5. The molecule has 0 radical (unpaired) electrons. The number of benzene rings is 3. The summed E-state index contributed by atoms with van der Waals surface area (Å²) >= 11 is 1.38. The van der Waals surface area contributed by atoms with Crippen LogP contribution in [0.4, 0.5) is 0 Å². The quantitative estimate of drug-likeness (QED) is 0.0182. The summed E-state index contributed by atoms with van der Waals surface area (Å²) in [4.78, 5) is 107. The van der Waals surface area contributed by atoms with Gasteiger partial charge >= 0.3 is 0 Å². The second kappa shape index (κ2) is 35.2. The van der Waals surface area contributed by atoms with E-state index in [0.29, 0.717) is 21.6 Å². The fourth-order valence-electron chi connectivity index (χ4n) is 13.0. The van der Waals surface area contributed by atoms with Crippen molar-refractivity contribution >= 4 is 65.0 Å². The number of nitrogens with one attached hydrogen (secondary N) is 6. The van der Waals surface area contributed by atoms with E-state index in [2.05, 4.69) is 56.4 Å². The molecule has 4 aromatic rings. The molecule has 5 fully saturated rings. The van der Waals surface area contributed by atoms with E-state index in [1.54, 1.807) is 12.1 Å². The number of hydrogen-bond acceptors (Lipinski definition) is 27. The minimum atomic E-state index is -2.16. The molecule has 9 rings (SSSR count). The van der Waals surface area contributed by atoms with Gasteiger partial charge in [-0.25, -0.2) is 5.26 Å². The van der Waals surface area contributed by atoms with Crippen LogP contribution in [0.1, 0.15) is 94.0 Å². The number of aromatic nitrogens is 2. The van der Waals surface area contributed by atoms with E-state index in [9.17, 15) is 79.5 Å². The van der Waals surface area contributed by atoms with Crippen LogP contribution < -0.4 is 40.8 Å². The molecule has 32 nitrogen and oxygen atoms in total. The van der Waals surface area contributed by atoms with Gasteiger partial charge in [0, 0.05) is 80.6 Å². The van der Waals surface area contributed by atoms with Crippen molar-refractivity contribution in [1.82, 2.24) is 56.8 Å². The van der Waals surface area contributed by atoms with Crippen LogP contribution in [0.5, 0.6) is 17.2 Å². The lowest BCUT2D eigenvalue weighted by atomic mass is 9.92. The summed E-state index contributed by atoms with van der Waals surface area (Å²) in [7, 11) is 0. The number of aliphatic hydroxyl groups is 8. The average Bonchev–Trinajstić information content (AvgIpc) is 1.59. The molecule has 4 aliphatic heterocycles. The van der Waals surface area contributed by atoms with Crippen molar-refractivity contribution in [3.8, 4) is 38.4 Å². The molecule has 34 heteroatoms. The van der Waals surface area contributed by atoms with Gasteiger partial charge in [0.05, 0.1) is 55.9 Å². The SMILES string of the molecule is C[C@@H](O)[C@@H]1NC(=O)C(NC(=O)c2ccc(-c3nnc(-c4ccc(OC5CCN(C6CCCCC6)CC5)cc4)s3)cc2)C[C@@H](O)CNC(=O)[C@@H]2[C@@H](O)[C@@H](C)CN2C(=O)[C@H]([C@H](O)CCNC(CO)CO)NC(=O)[C@H]([C@H](O)Cc2ccc(O)c(OSOOO)c2)NC(=O)[C@@H]2C[C@@H](O)CN2C1=O. The molecule has 7 amide bonds. The van der Waals surface area contributed by atoms with Crippen molar-refractivity contribution in [2.24, 2.45) is 5.92 Å². The van der Waals surface area contributed by atoms with Crippen LogP contribution in [0, 0.1) is 5.92 Å². The monoisotopic (exact) mass is 1410 g/mol. The number of rotatable bonds is 22. The summed E-state index contributed by atoms with van der Waals surface area (Å²) in [6.45, 7) is 1.74. The molecule has 5 heterocycles. The number of ether oxygens (including phenoxy) is 1. The van der Waals surface area contributed by atoms with Gasteiger partial charge in [-0.1, -0.05) is 65.1 Å². The number of piperidine rings is 1. The Hall–Kier alpha value is -7.26. The molecular formula is C64H87N11O21S2. The maximum atomic E-state index is 15.0. The van der Waals surface area contributed by atoms with E-state index in [-0.39, 0.29) is 48.4 Å². The van der Waals surface area contributed by atoms with E-state index in [1.807, 2.05) is 24.3 Å². The number of phenols is 1. The number of amides is 7. The number of carbonyl (C=O) groups excluding carboxylic acids is 7. The molecule has 0 bridgehead atoms. The third kappa shape index (κ3) is 19.2. The highest BCUT2D eigenvalue weighted by Crippen LogP contribution is 2.35. The van der Waals surface area contributed by atoms with Gasteiger partial charge in [0.2, 0.25) is 35.4 Å². The molecule has 5 aliphatic rings. The number of hydrogen-bond donors (Lipinski definition) is 16. The van der Waals surface area contributed by atoms with Crippen LogP contribution in [0.2, 0.25) is 0 Å². The molecule has 4 saturated heterocycles. The van der Waals surface area contributed by atoms with Crippen LogP contribution in [0.15, 0.2) is 66.7 Å². The second-order valence-electron chi connectivity index (χ2n) is 25.6. The summed E-state index contributed by atoms with van der Waals surface area (Å²) < 4.78 is 15.8. The fraction of sp³-hybridized carbons (Fsp3) is 0.578. The molecule has 1 saturated carbocycles. The molecule has 0 spiro atoms. The van der Waals surface area contributed by atoms with Gasteiger partial charge in [0.25, 0.3) is 18.2 Å². The van der Waals surface area contributed by atoms with Crippen LogP contribution in [0.3, 0.4) is 0 Å². The number of phenolic OH excluding ortho intramolecular Hbond substituents is 1. The summed E-state index contributed by atoms with van der Waals surface area (Å²) in [5, 5.41) is 136. The van der Waals surface area contributed by atoms with E-state index in [0.717, 1.165) is 60.0 Å². The Balaban J connectivity index is 0.960. The Morgan fingerprint density at radius 2 is 1.39 bits per heavy atom. The molecule has 1 aromatic heterocycles. The van der Waals surface area contributed by atoms with Crippen LogP contribution in [-0.4, -0.2) is 261 Å². The summed E-state index contributed by atoms with van der Waals surface area (Å²) in [5.41, 5.74) is 1.53. The number of likely N-dealkylation sites (tertiary alicyclic amines) is 1. The number of β-amino-alcohol motifs (C(OH)–C–C–N with tert-alkyl or cyclic N) is 1. The van der Waals surface area contributed by atoms with E-state index >= 15 is 0 Å². The fourth-order valence-corrected chi connectivity index (χ4v) is 14.1. The molecule has 98 heavy (non-hydrogen) atoms. The lowest BCUT2D eigenvalue weighted by Crippen LogP contribution is -2.64. The van der Waals surface area contributed by atoms with Crippen molar-refractivity contribution in [3.63, 3.8) is 0 Å². The van der Waals surface area contributed by atoms with Gasteiger partial charge in [-0.05, 0) is 99.7 Å². The first-order valence-corrected chi connectivity index (χ1v) is 34.2. The lowest BCUT2D eigenvalue weighted by Gasteiger charge is -2.39. The molecule has 1 unspecified atom stereocenters. The van der Waals surface area contributed by atoms with Gasteiger partial charge in [0.1, 0.15) is 58.1 Å². The topological polar surface area (TPSA) is 466 Å². The minimum Gasteiger partial charge on any atom is -0.504 e. The molecule has 3 aromatic carbocycles. The minimum absolute atomic E-state index is 0.0141. The maximum Gasteiger partial charge on any atom is 0.261 e. The molecule has 16 N–H and O–H groups in total. The largest absolute Gasteiger partial charge is 0.504 e. The predicted octanol–water partition coefficient (Wildman–Crippen LogP) is -1.60. The first-order chi connectivity index (χ1) is 47.0. The van der Waals surface area contributed by atoms with Gasteiger partial charge in [-0.15, -0.1) is 10.2 Å². The van der Waals surface area contributed by atoms with E-state index in [4.69, 9.17) is 14.2 Å². The number of fused-ring (bicyclic) bond motifs is 2. The van der Waals surface area contributed by atoms with E-state index < -0.39 is 184 Å². The van der Waals surface area contributed by atoms with Crippen molar-refractivity contribution in [3.05, 3.63) is 77.9 Å². The number of nitrogens with zero attached hydrogens (tertiary/aromatic N) is 5. The Kier molecular flexibility index (Phi) is 26.9. The zero-order chi connectivity index (χ0) is 70.3. The average molecular weight is 1410 g/mol. The highest BCUT2D eigenvalue weighted by atomic mass is 32.2. The van der Waals surface area contributed by atoms with Crippen LogP contribution >= 0.6 is 23.7 Å². The maximum absolute atomic E-state index is 15.0. The summed E-state index contributed by atoms with van der Waals surface area (Å²) in [6, 6.07) is 5.72. The standard InChI is InChI=1S/C64H87N11O21S2/c1-33-29-75-54(55(33)84)60(89)66-28-41(79)26-45(67-56(85)36-9-11-37(12-10-36)61-71-72-62(97-61)38-13-15-43(16-14-38)93-44-19-22-73(23-20-44)40-6-4-3-5-7-40)57(86)68-51(34(2)78)63(90)74-30-42(80)27-46(74)58(87)69-52(49(83)24-35-8-17-47(81)50(25-35)94-98-96-95-92)59(88)70-53(64(75)91)48(82)18-21-65-39(31-76)32-77/h8-17,25,33-34,39-42,44-46,48-49,51-55,65,76-84,92H,3-7,18-24,26-32H2,1-2H3,(H,66,89)(H,67,85)(H,68,86)(H,69,87)(H,70,88)/t33-,34+,41+,42+,45?,46-,48+,49+,51-,52-,53-,54-,55-/m0/s1. The number of aromatic hydroxyl groups is 1. The van der Waals surface area contributed by atoms with Crippen LogP contribution in [-0.2, 0) is 44.6 Å². The van der Waals surface area contributed by atoms with Crippen molar-refractivity contribution < 1.29 is 103 Å². The zero-order valence-electron chi connectivity index (χ0n) is 54.0. The van der Waals surface area contributed by atoms with Crippen LogP contribution in [0.25, 0.3) is 21.1 Å². The van der Waals surface area contributed by atoms with Crippen molar-refractivity contribution in [2.75, 3.05) is 52.5 Å². The van der Waals surface area contributed by atoms with Gasteiger partial charge in [-0.2, -0.15) is 0 Å². The molecule has 536 valence electrons. The second-order valence-corrected chi connectivity index (χ2v) is 27.0. The highest BCUT2D eigenvalue weighted by Gasteiger charge is 2.50. The van der Waals surface area contributed by atoms with Gasteiger partial charge in [0.15, 0.2) is 11.5 Å². The molecular weight excluding hydrogens is 1320 g/mol. The Labute approximate surface area is 572 Å². The third-order valence-corrected chi connectivity index (χ3v) is 19.9.